The summed E-state index contributed by atoms with van der Waals surface area (Å²) < 4.78 is 39.3. The van der Waals surface area contributed by atoms with Gasteiger partial charge < -0.3 is 11.1 Å². The number of benzene rings is 3. The van der Waals surface area contributed by atoms with Crippen molar-refractivity contribution in [3.05, 3.63) is 89.1 Å². The zero-order valence-electron chi connectivity index (χ0n) is 15.9. The molecule has 1 aromatic heterocycles. The number of carbonyl (C=O) groups is 1. The number of rotatable bonds is 3. The number of amides is 1. The molecule has 3 aromatic carbocycles. The summed E-state index contributed by atoms with van der Waals surface area (Å²) in [7, 11) is 0. The van der Waals surface area contributed by atoms with Crippen molar-refractivity contribution >= 4 is 39.8 Å². The Kier molecular flexibility index (Phi) is 5.29. The third-order valence-corrected chi connectivity index (χ3v) is 5.10. The van der Waals surface area contributed by atoms with E-state index in [-0.39, 0.29) is 5.56 Å². The number of fused-ring (bicyclic) bond motifs is 1. The van der Waals surface area contributed by atoms with Gasteiger partial charge in [0.15, 0.2) is 0 Å². The average Bonchev–Trinajstić information content (AvgIpc) is 2.73. The Labute approximate surface area is 180 Å². The topological polar surface area (TPSA) is 68.0 Å². The van der Waals surface area contributed by atoms with E-state index in [0.29, 0.717) is 16.9 Å². The van der Waals surface area contributed by atoms with Crippen LogP contribution in [0.4, 0.5) is 24.5 Å². The molecule has 31 heavy (non-hydrogen) atoms. The van der Waals surface area contributed by atoms with Crippen molar-refractivity contribution in [3.63, 3.8) is 0 Å². The minimum absolute atomic E-state index is 0.149. The third kappa shape index (κ3) is 4.18. The number of hydrogen-bond donors (Lipinski definition) is 2. The first-order valence-corrected chi connectivity index (χ1v) is 9.53. The van der Waals surface area contributed by atoms with Gasteiger partial charge in [-0.05, 0) is 53.6 Å². The highest BCUT2D eigenvalue weighted by molar-refractivity contribution is 6.31. The molecule has 156 valence electrons. The molecule has 0 aliphatic carbocycles. The third-order valence-electron chi connectivity index (χ3n) is 4.77. The molecule has 0 saturated carbocycles. The maximum absolute atomic E-state index is 13.1. The predicted octanol–water partition coefficient (Wildman–Crippen LogP) is 6.41. The van der Waals surface area contributed by atoms with Crippen LogP contribution in [0.5, 0.6) is 0 Å². The van der Waals surface area contributed by atoms with Gasteiger partial charge in [-0.1, -0.05) is 35.9 Å². The van der Waals surface area contributed by atoms with E-state index in [9.17, 15) is 18.0 Å². The number of carbonyl (C=O) groups excluding carboxylic acids is 1. The molecule has 0 bridgehead atoms. The van der Waals surface area contributed by atoms with E-state index in [1.54, 1.807) is 30.5 Å². The van der Waals surface area contributed by atoms with E-state index in [1.165, 1.54) is 6.07 Å². The summed E-state index contributed by atoms with van der Waals surface area (Å²) in [6.45, 7) is 0. The second-order valence-electron chi connectivity index (χ2n) is 6.83. The highest BCUT2D eigenvalue weighted by Gasteiger charge is 2.33. The molecule has 0 atom stereocenters. The van der Waals surface area contributed by atoms with Crippen LogP contribution in [0.1, 0.15) is 15.9 Å². The average molecular weight is 442 g/mol. The summed E-state index contributed by atoms with van der Waals surface area (Å²) in [4.78, 5) is 16.9. The van der Waals surface area contributed by atoms with E-state index in [0.717, 1.165) is 28.6 Å². The van der Waals surface area contributed by atoms with Crippen molar-refractivity contribution in [1.82, 2.24) is 4.98 Å². The number of alkyl halides is 3. The summed E-state index contributed by atoms with van der Waals surface area (Å²) in [5.74, 6) is -0.678. The van der Waals surface area contributed by atoms with Gasteiger partial charge in [-0.2, -0.15) is 13.2 Å². The molecule has 0 aliphatic heterocycles. The maximum Gasteiger partial charge on any atom is 0.417 e. The van der Waals surface area contributed by atoms with Crippen LogP contribution in [0.25, 0.3) is 22.0 Å². The molecule has 0 radical (unpaired) electrons. The van der Waals surface area contributed by atoms with Crippen molar-refractivity contribution < 1.29 is 18.0 Å². The predicted molar refractivity (Wildman–Crippen MR) is 116 cm³/mol. The summed E-state index contributed by atoms with van der Waals surface area (Å²) in [5.41, 5.74) is 8.10. The number of pyridine rings is 1. The lowest BCUT2D eigenvalue weighted by Gasteiger charge is -2.12. The largest absolute Gasteiger partial charge is 0.417 e. The first-order valence-electron chi connectivity index (χ1n) is 9.16. The lowest BCUT2D eigenvalue weighted by Crippen LogP contribution is -2.14. The normalized spacial score (nSPS) is 11.5. The van der Waals surface area contributed by atoms with E-state index >= 15 is 0 Å². The first kappa shape index (κ1) is 20.7. The van der Waals surface area contributed by atoms with Gasteiger partial charge in [-0.25, -0.2) is 0 Å². The quantitative estimate of drug-likeness (QED) is 0.361. The number of para-hydroxylation sites is 1. The van der Waals surface area contributed by atoms with Gasteiger partial charge in [0.1, 0.15) is 0 Å². The second kappa shape index (κ2) is 7.92. The lowest BCUT2D eigenvalue weighted by atomic mass is 10.0. The van der Waals surface area contributed by atoms with Crippen LogP contribution in [0.15, 0.2) is 72.9 Å². The monoisotopic (exact) mass is 441 g/mol. The first-order chi connectivity index (χ1) is 14.7. The Bertz CT molecular complexity index is 1300. The van der Waals surface area contributed by atoms with Gasteiger partial charge in [0, 0.05) is 22.8 Å². The molecular weight excluding hydrogens is 427 g/mol. The number of nitrogens with zero attached hydrogens (tertiary/aromatic N) is 1. The van der Waals surface area contributed by atoms with Gasteiger partial charge in [0.2, 0.25) is 0 Å². The molecule has 4 rings (SSSR count). The van der Waals surface area contributed by atoms with Crippen LogP contribution < -0.4 is 11.1 Å². The zero-order valence-corrected chi connectivity index (χ0v) is 16.6. The smallest absolute Gasteiger partial charge is 0.397 e. The van der Waals surface area contributed by atoms with Crippen LogP contribution in [-0.4, -0.2) is 10.9 Å². The molecule has 1 amide bonds. The molecule has 0 spiro atoms. The highest BCUT2D eigenvalue weighted by atomic mass is 35.5. The molecule has 1 heterocycles. The van der Waals surface area contributed by atoms with Crippen LogP contribution in [0.2, 0.25) is 5.02 Å². The SMILES string of the molecule is Nc1cccc2c(-c3cccc(NC(=O)c4ccc(Cl)c(C(F)(F)F)c4)c3)ccnc12. The molecule has 0 fully saturated rings. The van der Waals surface area contributed by atoms with Gasteiger partial charge in [0.05, 0.1) is 21.8 Å². The number of hydrogen-bond acceptors (Lipinski definition) is 3. The Morgan fingerprint density at radius 1 is 1.00 bits per heavy atom. The van der Waals surface area contributed by atoms with Crippen LogP contribution in [-0.2, 0) is 6.18 Å². The van der Waals surface area contributed by atoms with E-state index in [4.69, 9.17) is 17.3 Å². The van der Waals surface area contributed by atoms with Crippen molar-refractivity contribution in [2.45, 2.75) is 6.18 Å². The fourth-order valence-electron chi connectivity index (χ4n) is 3.30. The summed E-state index contributed by atoms with van der Waals surface area (Å²) in [5, 5.41) is 3.02. The molecule has 0 saturated heterocycles. The maximum atomic E-state index is 13.1. The minimum Gasteiger partial charge on any atom is -0.397 e. The fourth-order valence-corrected chi connectivity index (χ4v) is 3.53. The van der Waals surface area contributed by atoms with Crippen molar-refractivity contribution in [2.24, 2.45) is 0 Å². The van der Waals surface area contributed by atoms with Crippen molar-refractivity contribution in [3.8, 4) is 11.1 Å². The standard InChI is InChI=1S/C23H15ClF3N3O/c24-19-8-7-14(12-18(19)23(25,26)27)22(31)30-15-4-1-3-13(11-15)16-9-10-29-21-17(16)5-2-6-20(21)28/h1-12H,28H2,(H,30,31). The molecule has 0 aliphatic rings. The van der Waals surface area contributed by atoms with Crippen LogP contribution in [0.3, 0.4) is 0 Å². The van der Waals surface area contributed by atoms with Gasteiger partial charge in [-0.3, -0.25) is 9.78 Å². The molecule has 4 aromatic rings. The fraction of sp³-hybridized carbons (Fsp3) is 0.0435. The zero-order chi connectivity index (χ0) is 22.2. The van der Waals surface area contributed by atoms with Crippen LogP contribution >= 0.6 is 11.6 Å². The van der Waals surface area contributed by atoms with E-state index < -0.39 is 22.7 Å². The van der Waals surface area contributed by atoms with Crippen molar-refractivity contribution in [2.75, 3.05) is 11.1 Å². The van der Waals surface area contributed by atoms with E-state index in [1.807, 2.05) is 24.3 Å². The minimum atomic E-state index is -4.66. The summed E-state index contributed by atoms with van der Waals surface area (Å²) in [6.07, 6.45) is -3.01. The number of nitrogens with one attached hydrogen (secondary N) is 1. The lowest BCUT2D eigenvalue weighted by molar-refractivity contribution is -0.137. The van der Waals surface area contributed by atoms with Gasteiger partial charge in [0.25, 0.3) is 5.91 Å². The Morgan fingerprint density at radius 2 is 1.77 bits per heavy atom. The number of anilines is 2. The van der Waals surface area contributed by atoms with E-state index in [2.05, 4.69) is 10.3 Å². The van der Waals surface area contributed by atoms with Crippen molar-refractivity contribution in [1.29, 1.82) is 0 Å². The number of halogens is 4. The molecule has 0 unspecified atom stereocenters. The Hall–Kier alpha value is -3.58. The molecule has 3 N–H and O–H groups in total. The molecular formula is C23H15ClF3N3O. The van der Waals surface area contributed by atoms with Gasteiger partial charge >= 0.3 is 6.18 Å². The van der Waals surface area contributed by atoms with Crippen LogP contribution in [0, 0.1) is 0 Å². The Morgan fingerprint density at radius 3 is 2.55 bits per heavy atom. The molecule has 4 nitrogen and oxygen atoms in total. The summed E-state index contributed by atoms with van der Waals surface area (Å²) >= 11 is 5.63. The second-order valence-corrected chi connectivity index (χ2v) is 7.24. The van der Waals surface area contributed by atoms with Gasteiger partial charge in [-0.15, -0.1) is 0 Å². The Balaban J connectivity index is 1.66. The number of nitrogen functional groups attached to an aromatic ring is 1. The highest BCUT2D eigenvalue weighted by Crippen LogP contribution is 2.35. The number of aromatic nitrogens is 1. The molecule has 8 heteroatoms. The number of nitrogens with two attached hydrogens (primary N) is 1. The summed E-state index contributed by atoms with van der Waals surface area (Å²) in [6, 6.07) is 17.3.